The number of anilines is 4. The normalized spacial score (nSPS) is 14.1. The summed E-state index contributed by atoms with van der Waals surface area (Å²) in [7, 11) is -4.66. The molecule has 0 spiro atoms. The van der Waals surface area contributed by atoms with E-state index in [9.17, 15) is 16.9 Å². The molecule has 0 saturated carbocycles. The van der Waals surface area contributed by atoms with Gasteiger partial charge in [0.15, 0.2) is 5.82 Å². The number of likely N-dealkylation sites (N-methyl/N-ethyl adjacent to an activating group) is 1. The van der Waals surface area contributed by atoms with Gasteiger partial charge in [0.25, 0.3) is 0 Å². The minimum absolute atomic E-state index is 0.169. The molecule has 11 nitrogen and oxygen atoms in total. The quantitative estimate of drug-likeness (QED) is 0.302. The number of nitrogens with one attached hydrogen (secondary N) is 2. The first-order valence-electron chi connectivity index (χ1n) is 11.0. The summed E-state index contributed by atoms with van der Waals surface area (Å²) in [6.07, 6.45) is 2.20. The molecule has 0 bridgehead atoms. The number of hydrogen-bond donors (Lipinski definition) is 2. The molecule has 0 atom stereocenters. The zero-order chi connectivity index (χ0) is 27.0. The molecule has 0 fully saturated rings. The number of methoxy groups -OCH3 is 1. The van der Waals surface area contributed by atoms with Gasteiger partial charge in [0.05, 0.1) is 24.7 Å². The van der Waals surface area contributed by atoms with Crippen molar-refractivity contribution in [3.63, 3.8) is 0 Å². The third-order valence-electron chi connectivity index (χ3n) is 5.51. The largest absolute Gasteiger partial charge is 0.488 e. The Kier molecular flexibility index (Phi) is 7.61. The molecule has 1 aliphatic heterocycles. The van der Waals surface area contributed by atoms with Crippen molar-refractivity contribution >= 4 is 57.7 Å². The molecule has 0 saturated heterocycles. The van der Waals surface area contributed by atoms with Crippen LogP contribution in [0.4, 0.5) is 27.0 Å². The fourth-order valence-electron chi connectivity index (χ4n) is 3.83. The average molecular weight is 571 g/mol. The van der Waals surface area contributed by atoms with Crippen LogP contribution < -0.4 is 24.9 Å². The molecule has 3 heterocycles. The molecular formula is C22H25ClFN6O5PS. The molecule has 3 aromatic rings. The highest BCUT2D eigenvalue weighted by Gasteiger charge is 2.22. The first kappa shape index (κ1) is 27.1. The van der Waals surface area contributed by atoms with Gasteiger partial charge in [-0.3, -0.25) is 0 Å². The Morgan fingerprint density at radius 1 is 1.16 bits per heavy atom. The van der Waals surface area contributed by atoms with Gasteiger partial charge in [-0.25, -0.2) is 9.97 Å². The highest BCUT2D eigenvalue weighted by atomic mass is 35.5. The van der Waals surface area contributed by atoms with Gasteiger partial charge >= 0.3 is 10.5 Å². The zero-order valence-corrected chi connectivity index (χ0v) is 22.9. The van der Waals surface area contributed by atoms with E-state index in [1.54, 1.807) is 0 Å². The summed E-state index contributed by atoms with van der Waals surface area (Å²) in [6.45, 7) is 4.60. The predicted octanol–water partition coefficient (Wildman–Crippen LogP) is 3.85. The van der Waals surface area contributed by atoms with Crippen LogP contribution in [0, 0.1) is 0 Å². The van der Waals surface area contributed by atoms with Crippen molar-refractivity contribution in [2.24, 2.45) is 0 Å². The lowest BCUT2D eigenvalue weighted by molar-refractivity contribution is 0.307. The van der Waals surface area contributed by atoms with Gasteiger partial charge in [-0.2, -0.15) is 13.4 Å². The summed E-state index contributed by atoms with van der Waals surface area (Å²) < 4.78 is 57.4. The monoisotopic (exact) mass is 570 g/mol. The number of aromatic nitrogens is 3. The van der Waals surface area contributed by atoms with E-state index >= 15 is 0 Å². The third kappa shape index (κ3) is 6.67. The number of fused-ring (bicyclic) bond motifs is 1. The highest BCUT2D eigenvalue weighted by Crippen LogP contribution is 2.40. The van der Waals surface area contributed by atoms with Crippen molar-refractivity contribution in [1.82, 2.24) is 19.9 Å². The number of hydrogen-bond acceptors (Lipinski definition) is 11. The number of ether oxygens (including phenoxy) is 1. The lowest BCUT2D eigenvalue weighted by Crippen LogP contribution is -2.27. The average Bonchev–Trinajstić information content (AvgIpc) is 2.80. The minimum atomic E-state index is -5.25. The summed E-state index contributed by atoms with van der Waals surface area (Å²) >= 11 is 6.32. The summed E-state index contributed by atoms with van der Waals surface area (Å²) in [6, 6.07) is 5.75. The fourth-order valence-corrected chi connectivity index (χ4v) is 5.45. The van der Waals surface area contributed by atoms with Crippen LogP contribution in [-0.4, -0.2) is 62.3 Å². The number of benzene rings is 1. The maximum atomic E-state index is 13.0. The summed E-state index contributed by atoms with van der Waals surface area (Å²) in [4.78, 5) is 15.5. The molecule has 0 aliphatic carbocycles. The molecule has 1 aromatic carbocycles. The van der Waals surface area contributed by atoms with Crippen LogP contribution in [0.5, 0.6) is 11.6 Å². The summed E-state index contributed by atoms with van der Waals surface area (Å²) in [5, 5.41) is 6.49. The number of nitrogens with zero attached hydrogens (tertiary/aromatic N) is 4. The second kappa shape index (κ2) is 10.4. The van der Waals surface area contributed by atoms with Gasteiger partial charge in [0.2, 0.25) is 11.8 Å². The van der Waals surface area contributed by atoms with Crippen LogP contribution in [0.25, 0.3) is 0 Å². The first-order valence-corrected chi connectivity index (χ1v) is 15.3. The van der Waals surface area contributed by atoms with Crippen LogP contribution in [0.1, 0.15) is 11.3 Å². The van der Waals surface area contributed by atoms with Crippen LogP contribution in [0.2, 0.25) is 5.02 Å². The first-order chi connectivity index (χ1) is 17.3. The molecule has 2 aromatic heterocycles. The highest BCUT2D eigenvalue weighted by molar-refractivity contribution is 7.81. The van der Waals surface area contributed by atoms with Crippen molar-refractivity contribution in [1.29, 1.82) is 0 Å². The van der Waals surface area contributed by atoms with E-state index in [-0.39, 0.29) is 27.8 Å². The smallest absolute Gasteiger partial charge is 0.480 e. The van der Waals surface area contributed by atoms with Crippen LogP contribution in [0.3, 0.4) is 0 Å². The fraction of sp³-hybridized carbons (Fsp3) is 0.318. The van der Waals surface area contributed by atoms with E-state index in [4.69, 9.17) is 16.3 Å². The SMILES string of the molecule is COc1nc2c(cc1Nc1ncc(Cl)c(Nc3ccc(OS(=O)(=O)F)cc3P(C)(C)=O)n1)CN(C)CC2. The molecule has 0 amide bonds. The molecular weight excluding hydrogens is 546 g/mol. The molecule has 0 unspecified atom stereocenters. The van der Waals surface area contributed by atoms with Gasteiger partial charge in [0.1, 0.15) is 23.6 Å². The Hall–Kier alpha value is -2.99. The second-order valence-electron chi connectivity index (χ2n) is 8.79. The van der Waals surface area contributed by atoms with E-state index in [0.29, 0.717) is 17.3 Å². The zero-order valence-electron chi connectivity index (χ0n) is 20.4. The number of rotatable bonds is 8. The van der Waals surface area contributed by atoms with Crippen molar-refractivity contribution in [3.8, 4) is 11.6 Å². The lowest BCUT2D eigenvalue weighted by atomic mass is 10.1. The van der Waals surface area contributed by atoms with E-state index in [1.807, 2.05) is 13.1 Å². The van der Waals surface area contributed by atoms with Crippen LogP contribution >= 0.6 is 18.7 Å². The Balaban J connectivity index is 1.66. The van der Waals surface area contributed by atoms with E-state index in [0.717, 1.165) is 30.8 Å². The Labute approximate surface area is 219 Å². The molecule has 4 rings (SSSR count). The summed E-state index contributed by atoms with van der Waals surface area (Å²) in [5.74, 6) is 0.457. The number of pyridine rings is 1. The molecule has 1 aliphatic rings. The van der Waals surface area contributed by atoms with Gasteiger partial charge in [0, 0.05) is 24.8 Å². The van der Waals surface area contributed by atoms with E-state index in [1.165, 1.54) is 44.8 Å². The molecule has 37 heavy (non-hydrogen) atoms. The van der Waals surface area contributed by atoms with Crippen LogP contribution in [0.15, 0.2) is 30.5 Å². The Bertz CT molecular complexity index is 1500. The molecule has 2 N–H and O–H groups in total. The Morgan fingerprint density at radius 3 is 2.59 bits per heavy atom. The van der Waals surface area contributed by atoms with Gasteiger partial charge in [-0.15, -0.1) is 0 Å². The van der Waals surface area contributed by atoms with E-state index < -0.39 is 17.6 Å². The van der Waals surface area contributed by atoms with E-state index in [2.05, 4.69) is 34.7 Å². The van der Waals surface area contributed by atoms with Gasteiger partial charge < -0.3 is 29.0 Å². The van der Waals surface area contributed by atoms with Gasteiger partial charge in [-0.05, 0) is 50.2 Å². The van der Waals surface area contributed by atoms with Gasteiger partial charge in [-0.1, -0.05) is 15.5 Å². The van der Waals surface area contributed by atoms with Crippen molar-refractivity contribution in [2.75, 3.05) is 44.7 Å². The Morgan fingerprint density at radius 2 is 1.92 bits per heavy atom. The summed E-state index contributed by atoms with van der Waals surface area (Å²) in [5.41, 5.74) is 2.93. The second-order valence-corrected chi connectivity index (χ2v) is 13.3. The van der Waals surface area contributed by atoms with Crippen molar-refractivity contribution in [3.05, 3.63) is 46.7 Å². The van der Waals surface area contributed by atoms with Crippen LogP contribution in [-0.2, 0) is 28.0 Å². The number of halogens is 2. The lowest BCUT2D eigenvalue weighted by Gasteiger charge is -2.25. The maximum Gasteiger partial charge on any atom is 0.488 e. The molecule has 0 radical (unpaired) electrons. The standard InChI is InChI=1S/C22H25ClFN6O5PS/c1-30-8-7-16-13(12-30)9-18(21(27-16)34-2)28-22-25-11-15(23)20(29-22)26-17-6-5-14(35-37(24,32)33)10-19(17)36(3,4)31/h5-6,9-11H,7-8,12H2,1-4H3,(H2,25,26,28,29). The van der Waals surface area contributed by atoms with Crippen molar-refractivity contribution in [2.45, 2.75) is 13.0 Å². The molecule has 15 heteroatoms. The topological polar surface area (TPSA) is 136 Å². The maximum absolute atomic E-state index is 13.0. The predicted molar refractivity (Wildman–Crippen MR) is 141 cm³/mol. The molecule has 198 valence electrons. The third-order valence-corrected chi connectivity index (χ3v) is 7.71. The van der Waals surface area contributed by atoms with Crippen molar-refractivity contribution < 1.29 is 25.8 Å². The minimum Gasteiger partial charge on any atom is -0.480 e.